The molecule has 0 bridgehead atoms. The largest absolute Gasteiger partial charge is 0.360 e. The minimum atomic E-state index is -0.419. The van der Waals surface area contributed by atoms with Crippen molar-refractivity contribution in [2.45, 2.75) is 33.1 Å². The molecule has 2 aromatic carbocycles. The molecule has 0 unspecified atom stereocenters. The van der Waals surface area contributed by atoms with E-state index in [0.29, 0.717) is 0 Å². The van der Waals surface area contributed by atoms with E-state index in [2.05, 4.69) is 31.4 Å². The van der Waals surface area contributed by atoms with Crippen LogP contribution < -0.4 is 10.6 Å². The van der Waals surface area contributed by atoms with Crippen molar-refractivity contribution in [2.24, 2.45) is 0 Å². The number of amides is 1. The van der Waals surface area contributed by atoms with Crippen molar-refractivity contribution >= 4 is 17.3 Å². The van der Waals surface area contributed by atoms with E-state index in [-0.39, 0.29) is 11.5 Å². The molecule has 0 aromatic heterocycles. The van der Waals surface area contributed by atoms with Gasteiger partial charge in [-0.05, 0) is 35.6 Å². The maximum Gasteiger partial charge on any atom is 0.267 e. The van der Waals surface area contributed by atoms with Crippen molar-refractivity contribution < 1.29 is 4.79 Å². The maximum atomic E-state index is 12.5. The molecule has 2 N–H and O–H groups in total. The van der Waals surface area contributed by atoms with E-state index in [1.807, 2.05) is 54.6 Å². The molecule has 4 heteroatoms. The Kier molecular flexibility index (Phi) is 6.36. The Morgan fingerprint density at radius 3 is 2.40 bits per heavy atom. The van der Waals surface area contributed by atoms with Crippen LogP contribution in [0.25, 0.3) is 0 Å². The number of nitriles is 1. The number of para-hydroxylation sites is 2. The lowest BCUT2D eigenvalue weighted by atomic mass is 10.0. The number of hydrogen-bond donors (Lipinski definition) is 2. The molecule has 2 aromatic rings. The van der Waals surface area contributed by atoms with Crippen LogP contribution in [-0.2, 0) is 11.2 Å². The third-order valence-corrected chi connectivity index (χ3v) is 3.97. The van der Waals surface area contributed by atoms with Crippen LogP contribution in [0.15, 0.2) is 60.3 Å². The number of nitrogens with one attached hydrogen (secondary N) is 2. The third kappa shape index (κ3) is 4.71. The van der Waals surface area contributed by atoms with E-state index in [1.165, 1.54) is 6.20 Å². The van der Waals surface area contributed by atoms with Crippen molar-refractivity contribution in [1.82, 2.24) is 0 Å². The fourth-order valence-electron chi connectivity index (χ4n) is 2.57. The molecule has 0 fully saturated rings. The van der Waals surface area contributed by atoms with Crippen LogP contribution in [-0.4, -0.2) is 5.91 Å². The average Bonchev–Trinajstić information content (AvgIpc) is 2.62. The van der Waals surface area contributed by atoms with Gasteiger partial charge in [-0.15, -0.1) is 0 Å². The van der Waals surface area contributed by atoms with E-state index in [1.54, 1.807) is 0 Å². The topological polar surface area (TPSA) is 64.9 Å². The summed E-state index contributed by atoms with van der Waals surface area (Å²) in [5.74, 6) is -0.141. The Morgan fingerprint density at radius 1 is 1.12 bits per heavy atom. The van der Waals surface area contributed by atoms with E-state index in [9.17, 15) is 10.1 Å². The van der Waals surface area contributed by atoms with Gasteiger partial charge in [-0.3, -0.25) is 4.79 Å². The van der Waals surface area contributed by atoms with Crippen molar-refractivity contribution in [3.63, 3.8) is 0 Å². The molecule has 128 valence electrons. The number of hydrogen-bond acceptors (Lipinski definition) is 3. The number of benzene rings is 2. The summed E-state index contributed by atoms with van der Waals surface area (Å²) in [5.41, 5.74) is 3.83. The van der Waals surface area contributed by atoms with Gasteiger partial charge in [0.15, 0.2) is 0 Å². The zero-order valence-corrected chi connectivity index (χ0v) is 14.8. The van der Waals surface area contributed by atoms with Crippen LogP contribution in [0, 0.1) is 11.3 Å². The standard InChI is InChI=1S/C21H23N3O/c1-4-16-9-5-7-11-19(16)23-14-17(13-22)21(25)24-20-12-8-6-10-18(20)15(2)3/h5-12,14-15,23H,4H2,1-3H3,(H,24,25)/b17-14-. The lowest BCUT2D eigenvalue weighted by Crippen LogP contribution is -2.16. The molecular formula is C21H23N3O. The molecule has 1 amide bonds. The minimum absolute atomic E-state index is 0.0319. The third-order valence-electron chi connectivity index (χ3n) is 3.97. The van der Waals surface area contributed by atoms with E-state index < -0.39 is 5.91 Å². The van der Waals surface area contributed by atoms with Crippen molar-refractivity contribution in [2.75, 3.05) is 10.6 Å². The van der Waals surface area contributed by atoms with Gasteiger partial charge in [-0.25, -0.2) is 0 Å². The number of carbonyl (C=O) groups is 1. The summed E-state index contributed by atoms with van der Waals surface area (Å²) in [7, 11) is 0. The first-order valence-corrected chi connectivity index (χ1v) is 8.41. The first kappa shape index (κ1) is 18.3. The molecule has 0 spiro atoms. The fraction of sp³-hybridized carbons (Fsp3) is 0.238. The van der Waals surface area contributed by atoms with Gasteiger partial charge in [0.25, 0.3) is 5.91 Å². The zero-order valence-electron chi connectivity index (χ0n) is 14.8. The molecule has 4 nitrogen and oxygen atoms in total. The van der Waals surface area contributed by atoms with E-state index in [4.69, 9.17) is 0 Å². The number of nitrogens with zero attached hydrogens (tertiary/aromatic N) is 1. The molecule has 0 saturated carbocycles. The van der Waals surface area contributed by atoms with Crippen LogP contribution in [0.4, 0.5) is 11.4 Å². The number of anilines is 2. The molecule has 0 aliphatic rings. The highest BCUT2D eigenvalue weighted by atomic mass is 16.1. The number of rotatable bonds is 6. The SMILES string of the molecule is CCc1ccccc1N/C=C(/C#N)C(=O)Nc1ccccc1C(C)C. The summed E-state index contributed by atoms with van der Waals surface area (Å²) in [6.45, 7) is 6.19. The lowest BCUT2D eigenvalue weighted by Gasteiger charge is -2.13. The van der Waals surface area contributed by atoms with Crippen molar-refractivity contribution in [3.8, 4) is 6.07 Å². The second kappa shape index (κ2) is 8.70. The maximum absolute atomic E-state index is 12.5. The van der Waals surface area contributed by atoms with E-state index in [0.717, 1.165) is 28.9 Å². The summed E-state index contributed by atoms with van der Waals surface area (Å²) >= 11 is 0. The highest BCUT2D eigenvalue weighted by molar-refractivity contribution is 6.07. The van der Waals surface area contributed by atoms with Gasteiger partial charge in [0.2, 0.25) is 0 Å². The Labute approximate surface area is 149 Å². The first-order valence-electron chi connectivity index (χ1n) is 8.41. The molecular weight excluding hydrogens is 310 g/mol. The van der Waals surface area contributed by atoms with Crippen molar-refractivity contribution in [1.29, 1.82) is 5.26 Å². The minimum Gasteiger partial charge on any atom is -0.360 e. The lowest BCUT2D eigenvalue weighted by molar-refractivity contribution is -0.112. The van der Waals surface area contributed by atoms with Gasteiger partial charge in [-0.2, -0.15) is 5.26 Å². The monoisotopic (exact) mass is 333 g/mol. The van der Waals surface area contributed by atoms with Crippen LogP contribution in [0.5, 0.6) is 0 Å². The van der Waals surface area contributed by atoms with Crippen LogP contribution in [0.2, 0.25) is 0 Å². The van der Waals surface area contributed by atoms with Crippen LogP contribution in [0.1, 0.15) is 37.8 Å². The Hall–Kier alpha value is -3.06. The Morgan fingerprint density at radius 2 is 1.76 bits per heavy atom. The summed E-state index contributed by atoms with van der Waals surface area (Å²) in [6.07, 6.45) is 2.33. The summed E-state index contributed by atoms with van der Waals surface area (Å²) in [5, 5.41) is 15.3. The summed E-state index contributed by atoms with van der Waals surface area (Å²) < 4.78 is 0. The Bertz CT molecular complexity index is 816. The molecule has 2 rings (SSSR count). The van der Waals surface area contributed by atoms with Gasteiger partial charge in [0, 0.05) is 17.6 Å². The predicted octanol–water partition coefficient (Wildman–Crippen LogP) is 4.83. The fourth-order valence-corrected chi connectivity index (χ4v) is 2.57. The molecule has 25 heavy (non-hydrogen) atoms. The van der Waals surface area contributed by atoms with Gasteiger partial charge >= 0.3 is 0 Å². The number of carbonyl (C=O) groups excluding carboxylic acids is 1. The average molecular weight is 333 g/mol. The highest BCUT2D eigenvalue weighted by Gasteiger charge is 2.13. The zero-order chi connectivity index (χ0) is 18.2. The first-order chi connectivity index (χ1) is 12.1. The Balaban J connectivity index is 2.18. The summed E-state index contributed by atoms with van der Waals surface area (Å²) in [6, 6.07) is 17.4. The molecule has 0 aliphatic carbocycles. The smallest absolute Gasteiger partial charge is 0.267 e. The quantitative estimate of drug-likeness (QED) is 0.588. The van der Waals surface area contributed by atoms with Crippen LogP contribution >= 0.6 is 0 Å². The second-order valence-electron chi connectivity index (χ2n) is 6.02. The number of aryl methyl sites for hydroxylation is 1. The highest BCUT2D eigenvalue weighted by Crippen LogP contribution is 2.24. The second-order valence-corrected chi connectivity index (χ2v) is 6.02. The van der Waals surface area contributed by atoms with Gasteiger partial charge in [-0.1, -0.05) is 57.2 Å². The molecule has 0 atom stereocenters. The normalized spacial score (nSPS) is 11.1. The molecule has 0 heterocycles. The van der Waals surface area contributed by atoms with Gasteiger partial charge < -0.3 is 10.6 Å². The molecule has 0 radical (unpaired) electrons. The van der Waals surface area contributed by atoms with Crippen molar-refractivity contribution in [3.05, 3.63) is 71.4 Å². The molecule has 0 aliphatic heterocycles. The van der Waals surface area contributed by atoms with Gasteiger partial charge in [0.05, 0.1) is 0 Å². The van der Waals surface area contributed by atoms with Crippen LogP contribution in [0.3, 0.4) is 0 Å². The van der Waals surface area contributed by atoms with E-state index >= 15 is 0 Å². The predicted molar refractivity (Wildman–Crippen MR) is 102 cm³/mol. The van der Waals surface area contributed by atoms with Gasteiger partial charge in [0.1, 0.15) is 11.6 Å². The molecule has 0 saturated heterocycles. The summed E-state index contributed by atoms with van der Waals surface area (Å²) in [4.78, 5) is 12.5.